The lowest BCUT2D eigenvalue weighted by Crippen LogP contribution is -1.90. The summed E-state index contributed by atoms with van der Waals surface area (Å²) >= 11 is 0. The molecule has 0 N–H and O–H groups in total. The van der Waals surface area contributed by atoms with Crippen LogP contribution in [0.1, 0.15) is 11.3 Å². The van der Waals surface area contributed by atoms with Crippen molar-refractivity contribution in [2.75, 3.05) is 0 Å². The molecular weight excluding hydrogens is 186 g/mol. The van der Waals surface area contributed by atoms with Crippen molar-refractivity contribution in [3.05, 3.63) is 41.9 Å². The second-order valence-corrected chi connectivity index (χ2v) is 3.53. The van der Waals surface area contributed by atoms with Crippen LogP contribution in [0.15, 0.2) is 30.6 Å². The fourth-order valence-corrected chi connectivity index (χ4v) is 1.48. The van der Waals surface area contributed by atoms with Crippen molar-refractivity contribution in [2.45, 2.75) is 6.92 Å². The molecule has 0 saturated heterocycles. The summed E-state index contributed by atoms with van der Waals surface area (Å²) in [5, 5.41) is 8.99. The molecule has 2 rings (SSSR count). The van der Waals surface area contributed by atoms with Gasteiger partial charge in [-0.15, -0.1) is 0 Å². The Kier molecular flexibility index (Phi) is 2.26. The first-order valence-electron chi connectivity index (χ1n) is 4.71. The van der Waals surface area contributed by atoms with E-state index < -0.39 is 0 Å². The summed E-state index contributed by atoms with van der Waals surface area (Å²) in [5.41, 5.74) is 3.53. The van der Waals surface area contributed by atoms with Crippen molar-refractivity contribution in [3.8, 4) is 17.3 Å². The number of nitriles is 1. The molecule has 2 aromatic rings. The van der Waals surface area contributed by atoms with Crippen molar-refractivity contribution in [1.29, 1.82) is 5.26 Å². The fraction of sp³-hybridized carbons (Fsp3) is 0.167. The number of hydrogen-bond acceptors (Lipinski definition) is 2. The van der Waals surface area contributed by atoms with E-state index in [9.17, 15) is 0 Å². The molecule has 1 aromatic carbocycles. The Balaban J connectivity index is 2.55. The van der Waals surface area contributed by atoms with E-state index in [-0.39, 0.29) is 0 Å². The van der Waals surface area contributed by atoms with Crippen LogP contribution in [0.4, 0.5) is 0 Å². The largest absolute Gasteiger partial charge is 0.325 e. The molecule has 1 aromatic heterocycles. The lowest BCUT2D eigenvalue weighted by Gasteiger charge is -1.99. The van der Waals surface area contributed by atoms with Crippen LogP contribution in [-0.2, 0) is 7.05 Å². The van der Waals surface area contributed by atoms with Gasteiger partial charge in [-0.3, -0.25) is 0 Å². The van der Waals surface area contributed by atoms with Crippen molar-refractivity contribution in [2.24, 2.45) is 7.05 Å². The molecule has 0 bridgehead atoms. The highest BCUT2D eigenvalue weighted by Crippen LogP contribution is 2.21. The number of imidazole rings is 1. The van der Waals surface area contributed by atoms with Crippen LogP contribution in [0.5, 0.6) is 0 Å². The molecule has 3 nitrogen and oxygen atoms in total. The van der Waals surface area contributed by atoms with Crippen LogP contribution in [-0.4, -0.2) is 9.55 Å². The van der Waals surface area contributed by atoms with E-state index in [1.54, 1.807) is 10.9 Å². The van der Waals surface area contributed by atoms with Crippen molar-refractivity contribution < 1.29 is 0 Å². The average molecular weight is 197 g/mol. The van der Waals surface area contributed by atoms with Crippen LogP contribution in [0.3, 0.4) is 0 Å². The first-order chi connectivity index (χ1) is 7.22. The molecule has 15 heavy (non-hydrogen) atoms. The third-order valence-electron chi connectivity index (χ3n) is 2.37. The quantitative estimate of drug-likeness (QED) is 0.703. The second-order valence-electron chi connectivity index (χ2n) is 3.53. The third kappa shape index (κ3) is 1.62. The number of nitrogens with zero attached hydrogens (tertiary/aromatic N) is 3. The average Bonchev–Trinajstić information content (AvgIpc) is 2.61. The highest BCUT2D eigenvalue weighted by Gasteiger charge is 2.09. The standard InChI is InChI=1S/C12H11N3/c1-9-3-5-10(6-4-9)12-11(7-13)15(2)8-14-12/h3-6,8H,1-2H3. The van der Waals surface area contributed by atoms with E-state index in [4.69, 9.17) is 5.26 Å². The first kappa shape index (κ1) is 9.47. The number of hydrogen-bond donors (Lipinski definition) is 0. The molecule has 0 saturated carbocycles. The maximum Gasteiger partial charge on any atom is 0.147 e. The summed E-state index contributed by atoms with van der Waals surface area (Å²) in [5.74, 6) is 0. The number of rotatable bonds is 1. The van der Waals surface area contributed by atoms with Gasteiger partial charge < -0.3 is 4.57 Å². The Morgan fingerprint density at radius 3 is 2.53 bits per heavy atom. The molecule has 0 fully saturated rings. The van der Waals surface area contributed by atoms with E-state index in [2.05, 4.69) is 11.1 Å². The van der Waals surface area contributed by atoms with Crippen LogP contribution >= 0.6 is 0 Å². The zero-order valence-corrected chi connectivity index (χ0v) is 8.73. The predicted molar refractivity (Wildman–Crippen MR) is 58.1 cm³/mol. The summed E-state index contributed by atoms with van der Waals surface area (Å²) < 4.78 is 1.73. The molecule has 0 radical (unpaired) electrons. The molecule has 0 spiro atoms. The van der Waals surface area contributed by atoms with Gasteiger partial charge in [0.25, 0.3) is 0 Å². The minimum absolute atomic E-state index is 0.596. The monoisotopic (exact) mass is 197 g/mol. The van der Waals surface area contributed by atoms with E-state index in [1.807, 2.05) is 38.2 Å². The Morgan fingerprint density at radius 2 is 1.93 bits per heavy atom. The van der Waals surface area contributed by atoms with E-state index in [0.29, 0.717) is 5.69 Å². The van der Waals surface area contributed by atoms with Crippen molar-refractivity contribution in [1.82, 2.24) is 9.55 Å². The topological polar surface area (TPSA) is 41.6 Å². The summed E-state index contributed by atoms with van der Waals surface area (Å²) in [6.07, 6.45) is 1.66. The zero-order chi connectivity index (χ0) is 10.8. The number of aryl methyl sites for hydroxylation is 2. The highest BCUT2D eigenvalue weighted by atomic mass is 15.0. The smallest absolute Gasteiger partial charge is 0.147 e. The van der Waals surface area contributed by atoms with E-state index in [0.717, 1.165) is 11.3 Å². The molecule has 0 unspecified atom stereocenters. The van der Waals surface area contributed by atoms with E-state index >= 15 is 0 Å². The summed E-state index contributed by atoms with van der Waals surface area (Å²) in [6, 6.07) is 10.2. The second kappa shape index (κ2) is 3.58. The molecule has 3 heteroatoms. The SMILES string of the molecule is Cc1ccc(-c2ncn(C)c2C#N)cc1. The Morgan fingerprint density at radius 1 is 1.27 bits per heavy atom. The maximum atomic E-state index is 8.99. The van der Waals surface area contributed by atoms with Gasteiger partial charge in [0, 0.05) is 12.6 Å². The summed E-state index contributed by atoms with van der Waals surface area (Å²) in [4.78, 5) is 4.23. The molecule has 1 heterocycles. The van der Waals surface area contributed by atoms with Gasteiger partial charge in [-0.05, 0) is 6.92 Å². The summed E-state index contributed by atoms with van der Waals surface area (Å²) in [7, 11) is 1.82. The maximum absolute atomic E-state index is 8.99. The van der Waals surface area contributed by atoms with Crippen LogP contribution in [0, 0.1) is 18.3 Å². The molecule has 0 aliphatic heterocycles. The van der Waals surface area contributed by atoms with Crippen molar-refractivity contribution in [3.63, 3.8) is 0 Å². The lowest BCUT2D eigenvalue weighted by atomic mass is 10.1. The molecule has 0 atom stereocenters. The highest BCUT2D eigenvalue weighted by molar-refractivity contribution is 5.65. The molecule has 0 aliphatic rings. The number of benzene rings is 1. The minimum atomic E-state index is 0.596. The lowest BCUT2D eigenvalue weighted by molar-refractivity contribution is 0.897. The van der Waals surface area contributed by atoms with Gasteiger partial charge >= 0.3 is 0 Å². The summed E-state index contributed by atoms with van der Waals surface area (Å²) in [6.45, 7) is 2.04. The van der Waals surface area contributed by atoms with Crippen LogP contribution < -0.4 is 0 Å². The minimum Gasteiger partial charge on any atom is -0.325 e. The van der Waals surface area contributed by atoms with E-state index in [1.165, 1.54) is 5.56 Å². The third-order valence-corrected chi connectivity index (χ3v) is 2.37. The zero-order valence-electron chi connectivity index (χ0n) is 8.73. The Hall–Kier alpha value is -2.08. The Bertz CT molecular complexity index is 515. The molecule has 0 amide bonds. The molecule has 0 aliphatic carbocycles. The van der Waals surface area contributed by atoms with Gasteiger partial charge in [-0.1, -0.05) is 29.8 Å². The first-order valence-corrected chi connectivity index (χ1v) is 4.71. The van der Waals surface area contributed by atoms with Gasteiger partial charge in [0.1, 0.15) is 17.5 Å². The fourth-order valence-electron chi connectivity index (χ4n) is 1.48. The molecular formula is C12H11N3. The van der Waals surface area contributed by atoms with Crippen LogP contribution in [0.2, 0.25) is 0 Å². The van der Waals surface area contributed by atoms with Gasteiger partial charge in [-0.25, -0.2) is 4.98 Å². The Labute approximate surface area is 88.6 Å². The van der Waals surface area contributed by atoms with Gasteiger partial charge in [0.05, 0.1) is 6.33 Å². The van der Waals surface area contributed by atoms with Gasteiger partial charge in [0.2, 0.25) is 0 Å². The number of aromatic nitrogens is 2. The van der Waals surface area contributed by atoms with Crippen molar-refractivity contribution >= 4 is 0 Å². The molecule has 74 valence electrons. The normalized spacial score (nSPS) is 9.93. The van der Waals surface area contributed by atoms with Gasteiger partial charge in [0.15, 0.2) is 0 Å². The van der Waals surface area contributed by atoms with Crippen LogP contribution in [0.25, 0.3) is 11.3 Å². The predicted octanol–water partition coefficient (Wildman–Crippen LogP) is 2.27. The van der Waals surface area contributed by atoms with Gasteiger partial charge in [-0.2, -0.15) is 5.26 Å².